The fourth-order valence-corrected chi connectivity index (χ4v) is 0.0845. The Morgan fingerprint density at radius 3 is 2.33 bits per heavy atom. The normalized spacial score (nSPS) is 10.0. The first-order valence-corrected chi connectivity index (χ1v) is 2.11. The standard InChI is InChI=1S/C3H7ClFN/c1-2-6(4)3-5/h2-3H2,1H3. The fraction of sp³-hybridized carbons (Fsp3) is 1.00. The summed E-state index contributed by atoms with van der Waals surface area (Å²) in [5.41, 5.74) is 0. The summed E-state index contributed by atoms with van der Waals surface area (Å²) in [6.45, 7) is 1.77. The molecule has 0 spiro atoms. The SMILES string of the molecule is CCN(Cl)CF. The van der Waals surface area contributed by atoms with E-state index in [0.717, 1.165) is 4.42 Å². The van der Waals surface area contributed by atoms with Crippen LogP contribution in [-0.4, -0.2) is 17.8 Å². The van der Waals surface area contributed by atoms with Crippen molar-refractivity contribution in [3.8, 4) is 0 Å². The van der Waals surface area contributed by atoms with Gasteiger partial charge in [0.1, 0.15) is 0 Å². The van der Waals surface area contributed by atoms with Gasteiger partial charge in [0.15, 0.2) is 6.80 Å². The summed E-state index contributed by atoms with van der Waals surface area (Å²) in [5.74, 6) is 0. The lowest BCUT2D eigenvalue weighted by atomic mass is 10.8. The average Bonchev–Trinajstić information content (AvgIpc) is 1.65. The largest absolute Gasteiger partial charge is 0.233 e. The molecule has 0 rings (SSSR count). The van der Waals surface area contributed by atoms with Gasteiger partial charge >= 0.3 is 0 Å². The zero-order valence-corrected chi connectivity index (χ0v) is 4.37. The number of rotatable bonds is 2. The molecule has 0 aromatic heterocycles. The number of halogens is 2. The van der Waals surface area contributed by atoms with Crippen molar-refractivity contribution >= 4 is 11.8 Å². The summed E-state index contributed by atoms with van der Waals surface area (Å²) in [6.07, 6.45) is 0. The highest BCUT2D eigenvalue weighted by atomic mass is 35.5. The first kappa shape index (κ1) is 6.18. The molecule has 3 heteroatoms. The van der Waals surface area contributed by atoms with Gasteiger partial charge in [-0.2, -0.15) is 4.42 Å². The summed E-state index contributed by atoms with van der Waals surface area (Å²) >= 11 is 5.11. The zero-order valence-electron chi connectivity index (χ0n) is 3.62. The van der Waals surface area contributed by atoms with E-state index in [9.17, 15) is 4.39 Å². The lowest BCUT2D eigenvalue weighted by molar-refractivity contribution is 0.312. The molecule has 0 aliphatic rings. The summed E-state index contributed by atoms with van der Waals surface area (Å²) in [7, 11) is 0. The second-order valence-electron chi connectivity index (χ2n) is 0.898. The Labute approximate surface area is 41.8 Å². The molecule has 0 radical (unpaired) electrons. The van der Waals surface area contributed by atoms with Crippen LogP contribution in [0.15, 0.2) is 0 Å². The van der Waals surface area contributed by atoms with E-state index in [1.165, 1.54) is 0 Å². The topological polar surface area (TPSA) is 3.24 Å². The summed E-state index contributed by atoms with van der Waals surface area (Å²) in [6, 6.07) is 0. The smallest absolute Gasteiger partial charge is 0.155 e. The number of nitrogens with zero attached hydrogens (tertiary/aromatic N) is 1. The fourth-order valence-electron chi connectivity index (χ4n) is 0.0845. The number of alkyl halides is 1. The van der Waals surface area contributed by atoms with Crippen LogP contribution in [0.3, 0.4) is 0 Å². The lowest BCUT2D eigenvalue weighted by Crippen LogP contribution is -2.07. The predicted octanol–water partition coefficient (Wildman–Crippen LogP) is 1.39. The van der Waals surface area contributed by atoms with Crippen molar-refractivity contribution in [3.05, 3.63) is 0 Å². The lowest BCUT2D eigenvalue weighted by Gasteiger charge is -2.00. The highest BCUT2D eigenvalue weighted by Crippen LogP contribution is 1.89. The first-order valence-electron chi connectivity index (χ1n) is 1.78. The van der Waals surface area contributed by atoms with E-state index < -0.39 is 6.80 Å². The van der Waals surface area contributed by atoms with Gasteiger partial charge < -0.3 is 0 Å². The van der Waals surface area contributed by atoms with E-state index in [2.05, 4.69) is 0 Å². The van der Waals surface area contributed by atoms with Crippen LogP contribution in [0, 0.1) is 0 Å². The van der Waals surface area contributed by atoms with Crippen molar-refractivity contribution < 1.29 is 4.39 Å². The Morgan fingerprint density at radius 2 is 2.33 bits per heavy atom. The van der Waals surface area contributed by atoms with Crippen LogP contribution in [0.5, 0.6) is 0 Å². The third-order valence-corrected chi connectivity index (χ3v) is 0.802. The van der Waals surface area contributed by atoms with E-state index in [4.69, 9.17) is 11.8 Å². The molecule has 0 saturated heterocycles. The molecule has 38 valence electrons. The third kappa shape index (κ3) is 2.42. The highest BCUT2D eigenvalue weighted by molar-refractivity contribution is 6.13. The van der Waals surface area contributed by atoms with Crippen molar-refractivity contribution in [1.82, 2.24) is 4.42 Å². The minimum Gasteiger partial charge on any atom is -0.233 e. The van der Waals surface area contributed by atoms with Crippen LogP contribution in [0.4, 0.5) is 4.39 Å². The van der Waals surface area contributed by atoms with Gasteiger partial charge in [-0.15, -0.1) is 0 Å². The third-order valence-electron chi connectivity index (χ3n) is 0.473. The van der Waals surface area contributed by atoms with E-state index in [1.807, 2.05) is 0 Å². The minimum atomic E-state index is -0.571. The second-order valence-corrected chi connectivity index (χ2v) is 1.38. The molecule has 0 N–H and O–H groups in total. The molecule has 0 saturated carbocycles. The highest BCUT2D eigenvalue weighted by Gasteiger charge is 1.88. The first-order chi connectivity index (χ1) is 2.81. The minimum absolute atomic E-state index is 0.554. The molecule has 0 fully saturated rings. The molecule has 6 heavy (non-hydrogen) atoms. The van der Waals surface area contributed by atoms with E-state index in [1.54, 1.807) is 6.92 Å². The Balaban J connectivity index is 2.75. The molecule has 0 bridgehead atoms. The van der Waals surface area contributed by atoms with Crippen LogP contribution in [0.1, 0.15) is 6.92 Å². The Bertz CT molecular complexity index is 30.0. The molecule has 0 amide bonds. The maximum absolute atomic E-state index is 11.2. The van der Waals surface area contributed by atoms with Crippen molar-refractivity contribution in [2.75, 3.05) is 13.3 Å². The molecule has 0 aromatic rings. The summed E-state index contributed by atoms with van der Waals surface area (Å²) in [5, 5.41) is 0. The summed E-state index contributed by atoms with van der Waals surface area (Å²) in [4.78, 5) is 0. The number of hydrogen-bond donors (Lipinski definition) is 0. The van der Waals surface area contributed by atoms with Gasteiger partial charge in [0.05, 0.1) is 0 Å². The Kier molecular flexibility index (Phi) is 3.47. The van der Waals surface area contributed by atoms with Crippen molar-refractivity contribution in [2.24, 2.45) is 0 Å². The average molecular weight is 112 g/mol. The Hall–Kier alpha value is 0.180. The molecular formula is C3H7ClFN. The van der Waals surface area contributed by atoms with E-state index >= 15 is 0 Å². The maximum atomic E-state index is 11.2. The Morgan fingerprint density at radius 1 is 1.83 bits per heavy atom. The van der Waals surface area contributed by atoms with Crippen molar-refractivity contribution in [1.29, 1.82) is 0 Å². The van der Waals surface area contributed by atoms with Crippen LogP contribution < -0.4 is 0 Å². The van der Waals surface area contributed by atoms with Gasteiger partial charge in [0.2, 0.25) is 0 Å². The van der Waals surface area contributed by atoms with Crippen molar-refractivity contribution in [2.45, 2.75) is 6.92 Å². The van der Waals surface area contributed by atoms with Crippen LogP contribution in [0.2, 0.25) is 0 Å². The van der Waals surface area contributed by atoms with Gasteiger partial charge in [-0.05, 0) is 11.8 Å². The second kappa shape index (κ2) is 3.37. The molecule has 0 unspecified atom stereocenters. The molecule has 1 nitrogen and oxygen atoms in total. The molecule has 0 aromatic carbocycles. The quantitative estimate of drug-likeness (QED) is 0.385. The van der Waals surface area contributed by atoms with Gasteiger partial charge in [-0.1, -0.05) is 6.92 Å². The van der Waals surface area contributed by atoms with Gasteiger partial charge in [-0.3, -0.25) is 0 Å². The molecule has 0 aliphatic heterocycles. The van der Waals surface area contributed by atoms with Gasteiger partial charge in [0.25, 0.3) is 0 Å². The van der Waals surface area contributed by atoms with Gasteiger partial charge in [-0.25, -0.2) is 4.39 Å². The van der Waals surface area contributed by atoms with Gasteiger partial charge in [0, 0.05) is 6.54 Å². The van der Waals surface area contributed by atoms with Crippen LogP contribution >= 0.6 is 11.8 Å². The molecule has 0 heterocycles. The zero-order chi connectivity index (χ0) is 4.99. The van der Waals surface area contributed by atoms with E-state index in [0.29, 0.717) is 6.54 Å². The molecular weight excluding hydrogens is 104 g/mol. The van der Waals surface area contributed by atoms with Crippen LogP contribution in [-0.2, 0) is 0 Å². The monoisotopic (exact) mass is 111 g/mol. The maximum Gasteiger partial charge on any atom is 0.155 e. The number of hydrogen-bond acceptors (Lipinski definition) is 1. The predicted molar refractivity (Wildman–Crippen MR) is 24.2 cm³/mol. The molecule has 0 atom stereocenters. The van der Waals surface area contributed by atoms with E-state index in [-0.39, 0.29) is 0 Å². The van der Waals surface area contributed by atoms with Crippen molar-refractivity contribution in [3.63, 3.8) is 0 Å². The van der Waals surface area contributed by atoms with Crippen LogP contribution in [0.25, 0.3) is 0 Å². The molecule has 0 aliphatic carbocycles. The summed E-state index contributed by atoms with van der Waals surface area (Å²) < 4.78 is 12.2.